The Morgan fingerprint density at radius 2 is 2.05 bits per heavy atom. The molecule has 2 saturated heterocycles. The maximum absolute atomic E-state index is 12.4. The van der Waals surface area contributed by atoms with Gasteiger partial charge in [0.15, 0.2) is 0 Å². The number of hydrogen-bond acceptors (Lipinski definition) is 3. The smallest absolute Gasteiger partial charge is 0.320 e. The van der Waals surface area contributed by atoms with Crippen LogP contribution in [0.4, 0.5) is 4.79 Å². The molecule has 0 aromatic carbocycles. The van der Waals surface area contributed by atoms with E-state index < -0.39 is 11.4 Å². The van der Waals surface area contributed by atoms with E-state index in [0.29, 0.717) is 39.2 Å². The highest BCUT2D eigenvalue weighted by molar-refractivity contribution is 5.79. The Labute approximate surface area is 113 Å². The summed E-state index contributed by atoms with van der Waals surface area (Å²) < 4.78 is 5.52. The molecule has 2 fully saturated rings. The average Bonchev–Trinajstić information content (AvgIpc) is 2.63. The van der Waals surface area contributed by atoms with Crippen LogP contribution in [0.3, 0.4) is 0 Å². The van der Waals surface area contributed by atoms with Crippen LogP contribution in [-0.4, -0.2) is 65.8 Å². The van der Waals surface area contributed by atoms with E-state index in [0.717, 1.165) is 6.42 Å². The number of aliphatic carboxylic acids is 1. The second-order valence-electron chi connectivity index (χ2n) is 5.80. The van der Waals surface area contributed by atoms with E-state index >= 15 is 0 Å². The van der Waals surface area contributed by atoms with Gasteiger partial charge >= 0.3 is 12.0 Å². The van der Waals surface area contributed by atoms with Gasteiger partial charge in [-0.2, -0.15) is 0 Å². The zero-order chi connectivity index (χ0) is 14.0. The minimum absolute atomic E-state index is 0.0416. The summed E-state index contributed by atoms with van der Waals surface area (Å²) in [5, 5.41) is 9.20. The minimum atomic E-state index is -0.824. The molecule has 6 nitrogen and oxygen atoms in total. The predicted molar refractivity (Wildman–Crippen MR) is 68.9 cm³/mol. The molecule has 2 amide bonds. The monoisotopic (exact) mass is 270 g/mol. The van der Waals surface area contributed by atoms with Gasteiger partial charge in [-0.3, -0.25) is 4.79 Å². The summed E-state index contributed by atoms with van der Waals surface area (Å²) in [6, 6.07) is -0.0534. The van der Waals surface area contributed by atoms with Gasteiger partial charge in [-0.15, -0.1) is 0 Å². The summed E-state index contributed by atoms with van der Waals surface area (Å²) in [6.45, 7) is 6.42. The summed E-state index contributed by atoms with van der Waals surface area (Å²) in [5.41, 5.74) is -0.802. The zero-order valence-corrected chi connectivity index (χ0v) is 11.6. The van der Waals surface area contributed by atoms with Crippen LogP contribution in [0.1, 0.15) is 26.7 Å². The maximum atomic E-state index is 12.4. The normalized spacial score (nSPS) is 32.2. The fourth-order valence-electron chi connectivity index (χ4n) is 2.67. The van der Waals surface area contributed by atoms with E-state index in [-0.39, 0.29) is 12.1 Å². The molecule has 108 valence electrons. The fraction of sp³-hybridized carbons (Fsp3) is 0.846. The molecular weight excluding hydrogens is 248 g/mol. The van der Waals surface area contributed by atoms with E-state index in [2.05, 4.69) is 0 Å². The van der Waals surface area contributed by atoms with Gasteiger partial charge < -0.3 is 19.6 Å². The van der Waals surface area contributed by atoms with E-state index in [9.17, 15) is 14.7 Å². The predicted octanol–water partition coefficient (Wildman–Crippen LogP) is 1.01. The molecule has 0 bridgehead atoms. The highest BCUT2D eigenvalue weighted by atomic mass is 16.5. The molecule has 6 heteroatoms. The van der Waals surface area contributed by atoms with Crippen molar-refractivity contribution in [1.82, 2.24) is 9.80 Å². The van der Waals surface area contributed by atoms with Crippen molar-refractivity contribution in [2.24, 2.45) is 5.41 Å². The van der Waals surface area contributed by atoms with Gasteiger partial charge in [-0.25, -0.2) is 4.79 Å². The molecule has 2 atom stereocenters. The molecule has 2 aliphatic heterocycles. The zero-order valence-electron chi connectivity index (χ0n) is 11.6. The molecular formula is C13H22N2O4. The van der Waals surface area contributed by atoms with Crippen LogP contribution in [0.25, 0.3) is 0 Å². The first-order valence-corrected chi connectivity index (χ1v) is 6.81. The Balaban J connectivity index is 1.99. The van der Waals surface area contributed by atoms with Gasteiger partial charge in [0.1, 0.15) is 0 Å². The van der Waals surface area contributed by atoms with Crippen molar-refractivity contribution in [2.45, 2.75) is 32.8 Å². The van der Waals surface area contributed by atoms with Crippen molar-refractivity contribution < 1.29 is 19.4 Å². The Morgan fingerprint density at radius 3 is 2.68 bits per heavy atom. The lowest BCUT2D eigenvalue weighted by Crippen LogP contribution is -2.45. The third kappa shape index (κ3) is 3.00. The lowest BCUT2D eigenvalue weighted by molar-refractivity contribution is -0.147. The Kier molecular flexibility index (Phi) is 3.99. The van der Waals surface area contributed by atoms with Crippen molar-refractivity contribution in [1.29, 1.82) is 0 Å². The van der Waals surface area contributed by atoms with Gasteiger partial charge in [0.2, 0.25) is 0 Å². The summed E-state index contributed by atoms with van der Waals surface area (Å²) in [5.74, 6) is -0.824. The average molecular weight is 270 g/mol. The first-order valence-electron chi connectivity index (χ1n) is 6.81. The van der Waals surface area contributed by atoms with Crippen LogP contribution >= 0.6 is 0 Å². The second-order valence-corrected chi connectivity index (χ2v) is 5.80. The number of carbonyl (C=O) groups is 2. The van der Waals surface area contributed by atoms with Crippen LogP contribution in [0.15, 0.2) is 0 Å². The summed E-state index contributed by atoms with van der Waals surface area (Å²) in [7, 11) is 0. The van der Waals surface area contributed by atoms with Crippen LogP contribution in [0, 0.1) is 5.41 Å². The molecule has 19 heavy (non-hydrogen) atoms. The number of carbonyl (C=O) groups excluding carboxylic acids is 1. The summed E-state index contributed by atoms with van der Waals surface area (Å²) >= 11 is 0. The molecule has 2 rings (SSSR count). The van der Waals surface area contributed by atoms with Crippen LogP contribution < -0.4 is 0 Å². The highest BCUT2D eigenvalue weighted by Gasteiger charge is 2.43. The topological polar surface area (TPSA) is 70.1 Å². The molecule has 0 radical (unpaired) electrons. The number of urea groups is 1. The number of rotatable bonds is 1. The highest BCUT2D eigenvalue weighted by Crippen LogP contribution is 2.30. The SMILES string of the molecule is CC1CN(C(=O)N2CCC(C)(C(=O)O)C2)CCCO1. The third-order valence-corrected chi connectivity index (χ3v) is 3.98. The van der Waals surface area contributed by atoms with E-state index in [1.54, 1.807) is 16.7 Å². The van der Waals surface area contributed by atoms with Crippen molar-refractivity contribution in [3.63, 3.8) is 0 Å². The Morgan fingerprint density at radius 1 is 1.32 bits per heavy atom. The fourth-order valence-corrected chi connectivity index (χ4v) is 2.67. The quantitative estimate of drug-likeness (QED) is 0.772. The standard InChI is InChI=1S/C13H22N2O4/c1-10-8-14(5-3-7-19-10)12(18)15-6-4-13(2,9-15)11(16)17/h10H,3-9H2,1-2H3,(H,16,17). The molecule has 1 N–H and O–H groups in total. The van der Waals surface area contributed by atoms with Crippen LogP contribution in [0.5, 0.6) is 0 Å². The van der Waals surface area contributed by atoms with Crippen molar-refractivity contribution >= 4 is 12.0 Å². The Bertz CT molecular complexity index is 374. The molecule has 0 spiro atoms. The number of amides is 2. The number of ether oxygens (including phenoxy) is 1. The van der Waals surface area contributed by atoms with E-state index in [1.807, 2.05) is 6.92 Å². The van der Waals surface area contributed by atoms with Crippen LogP contribution in [-0.2, 0) is 9.53 Å². The molecule has 2 aliphatic rings. The van der Waals surface area contributed by atoms with Gasteiger partial charge in [0.05, 0.1) is 11.5 Å². The summed E-state index contributed by atoms with van der Waals surface area (Å²) in [6.07, 6.45) is 1.40. The van der Waals surface area contributed by atoms with Crippen molar-refractivity contribution in [3.8, 4) is 0 Å². The van der Waals surface area contributed by atoms with E-state index in [4.69, 9.17) is 4.74 Å². The number of nitrogens with zero attached hydrogens (tertiary/aromatic N) is 2. The number of hydrogen-bond donors (Lipinski definition) is 1. The molecule has 0 aromatic heterocycles. The molecule has 0 aromatic rings. The van der Waals surface area contributed by atoms with Gasteiger partial charge in [-0.05, 0) is 26.7 Å². The lowest BCUT2D eigenvalue weighted by atomic mass is 9.90. The molecule has 0 aliphatic carbocycles. The number of likely N-dealkylation sites (tertiary alicyclic amines) is 1. The van der Waals surface area contributed by atoms with Crippen molar-refractivity contribution in [2.75, 3.05) is 32.8 Å². The second kappa shape index (κ2) is 5.36. The minimum Gasteiger partial charge on any atom is -0.481 e. The van der Waals surface area contributed by atoms with Gasteiger partial charge in [-0.1, -0.05) is 0 Å². The lowest BCUT2D eigenvalue weighted by Gasteiger charge is -2.28. The number of carboxylic acids is 1. The van der Waals surface area contributed by atoms with Crippen LogP contribution in [0.2, 0.25) is 0 Å². The molecule has 2 heterocycles. The van der Waals surface area contributed by atoms with E-state index in [1.165, 1.54) is 0 Å². The van der Waals surface area contributed by atoms with Crippen molar-refractivity contribution in [3.05, 3.63) is 0 Å². The first-order chi connectivity index (χ1) is 8.92. The van der Waals surface area contributed by atoms with Gasteiger partial charge in [0, 0.05) is 32.8 Å². The largest absolute Gasteiger partial charge is 0.481 e. The molecule has 2 unspecified atom stereocenters. The number of carboxylic acid groups (broad SMARTS) is 1. The third-order valence-electron chi connectivity index (χ3n) is 3.98. The maximum Gasteiger partial charge on any atom is 0.320 e. The first kappa shape index (κ1) is 14.1. The summed E-state index contributed by atoms with van der Waals surface area (Å²) in [4.78, 5) is 27.1. The Hall–Kier alpha value is -1.30. The molecule has 0 saturated carbocycles. The van der Waals surface area contributed by atoms with Gasteiger partial charge in [0.25, 0.3) is 0 Å².